The van der Waals surface area contributed by atoms with E-state index in [1.54, 1.807) is 6.08 Å². The lowest BCUT2D eigenvalue weighted by Crippen LogP contribution is -2.67. The second-order valence-electron chi connectivity index (χ2n) is 10.8. The van der Waals surface area contributed by atoms with Gasteiger partial charge >= 0.3 is 5.97 Å². The van der Waals surface area contributed by atoms with Crippen molar-refractivity contribution in [1.29, 1.82) is 0 Å². The average Bonchev–Trinajstić information content (AvgIpc) is 3.19. The Hall–Kier alpha value is -0.430. The molecule has 6 heteroatoms. The van der Waals surface area contributed by atoms with E-state index in [-0.39, 0.29) is 46.3 Å². The summed E-state index contributed by atoms with van der Waals surface area (Å²) in [5, 5.41) is 33.7. The van der Waals surface area contributed by atoms with Crippen LogP contribution in [0.1, 0.15) is 65.2 Å². The first kappa shape index (κ1) is 21.8. The Bertz CT molecular complexity index is 724. The van der Waals surface area contributed by atoms with Crippen molar-refractivity contribution < 1.29 is 24.9 Å². The Kier molecular flexibility index (Phi) is 5.29. The normalized spacial score (nSPS) is 53.8. The summed E-state index contributed by atoms with van der Waals surface area (Å²) in [6, 6.07) is 0. The number of aliphatic hydroxyl groups is 3. The Labute approximate surface area is 183 Å². The molecule has 0 spiro atoms. The number of cyclic esters (lactones) is 1. The van der Waals surface area contributed by atoms with E-state index in [2.05, 4.69) is 6.92 Å². The number of hydrogen-bond donors (Lipinski definition) is 3. The standard InChI is InChI=1S/C23H34O5.BrH/c1-21-7-5-15(24)10-14(21)3-4-17-18(21)11-19(25)22(2)16(6-8-23(17,22)27)13-9-20(26)28-12-13;/h9,14-19,24-25,27H,3-8,10-12H2,1-2H3;1H/t14-,15+,16-,17-,18+,19-,21+,22+,23+;/m1./s1. The topological polar surface area (TPSA) is 87.0 Å². The third kappa shape index (κ3) is 2.78. The molecule has 4 saturated carbocycles. The maximum Gasteiger partial charge on any atom is 0.331 e. The number of aliphatic hydroxyl groups excluding tert-OH is 2. The van der Waals surface area contributed by atoms with Gasteiger partial charge < -0.3 is 20.1 Å². The fourth-order valence-electron chi connectivity index (χ4n) is 8.37. The lowest BCUT2D eigenvalue weighted by atomic mass is 9.42. The number of halogens is 1. The number of fused-ring (bicyclic) bond motifs is 5. The van der Waals surface area contributed by atoms with Crippen LogP contribution >= 0.6 is 17.0 Å². The molecule has 0 aromatic carbocycles. The largest absolute Gasteiger partial charge is 0.458 e. The monoisotopic (exact) mass is 470 g/mol. The Morgan fingerprint density at radius 3 is 2.48 bits per heavy atom. The van der Waals surface area contributed by atoms with Crippen LogP contribution in [0.15, 0.2) is 11.6 Å². The van der Waals surface area contributed by atoms with Crippen LogP contribution in [0, 0.1) is 34.5 Å². The van der Waals surface area contributed by atoms with Crippen molar-refractivity contribution in [3.05, 3.63) is 11.6 Å². The molecule has 0 amide bonds. The van der Waals surface area contributed by atoms with E-state index < -0.39 is 17.1 Å². The molecule has 0 saturated heterocycles. The molecule has 5 nitrogen and oxygen atoms in total. The summed E-state index contributed by atoms with van der Waals surface area (Å²) in [6.45, 7) is 4.69. The van der Waals surface area contributed by atoms with Gasteiger partial charge in [0.2, 0.25) is 0 Å². The first-order valence-electron chi connectivity index (χ1n) is 11.2. The summed E-state index contributed by atoms with van der Waals surface area (Å²) < 4.78 is 5.16. The van der Waals surface area contributed by atoms with E-state index in [1.807, 2.05) is 6.92 Å². The van der Waals surface area contributed by atoms with Crippen molar-refractivity contribution >= 4 is 23.0 Å². The van der Waals surface area contributed by atoms with Gasteiger partial charge in [0.15, 0.2) is 0 Å². The van der Waals surface area contributed by atoms with Crippen LogP contribution in [0.5, 0.6) is 0 Å². The summed E-state index contributed by atoms with van der Waals surface area (Å²) in [5.74, 6) is 0.657. The zero-order valence-corrected chi connectivity index (χ0v) is 19.2. The van der Waals surface area contributed by atoms with Gasteiger partial charge in [0.1, 0.15) is 6.61 Å². The summed E-state index contributed by atoms with van der Waals surface area (Å²) in [6.07, 6.45) is 7.69. The molecular weight excluding hydrogens is 436 g/mol. The first-order chi connectivity index (χ1) is 13.2. The molecule has 0 aromatic rings. The van der Waals surface area contributed by atoms with Crippen molar-refractivity contribution in [2.45, 2.75) is 83.0 Å². The minimum Gasteiger partial charge on any atom is -0.458 e. The van der Waals surface area contributed by atoms with E-state index in [0.29, 0.717) is 31.3 Å². The quantitative estimate of drug-likeness (QED) is 0.512. The van der Waals surface area contributed by atoms with Crippen LogP contribution in [-0.4, -0.2) is 45.7 Å². The van der Waals surface area contributed by atoms with Crippen LogP contribution in [-0.2, 0) is 9.53 Å². The van der Waals surface area contributed by atoms with Gasteiger partial charge in [-0.05, 0) is 86.0 Å². The Morgan fingerprint density at radius 1 is 1.03 bits per heavy atom. The predicted octanol–water partition coefficient (Wildman–Crippen LogP) is 3.15. The van der Waals surface area contributed by atoms with E-state index in [1.165, 1.54) is 0 Å². The zero-order valence-electron chi connectivity index (χ0n) is 17.5. The highest BCUT2D eigenvalue weighted by Gasteiger charge is 2.70. The van der Waals surface area contributed by atoms with Gasteiger partial charge in [0.05, 0.1) is 17.8 Å². The van der Waals surface area contributed by atoms with E-state index in [4.69, 9.17) is 4.74 Å². The number of rotatable bonds is 1. The van der Waals surface area contributed by atoms with Gasteiger partial charge in [0.25, 0.3) is 0 Å². The van der Waals surface area contributed by atoms with Crippen LogP contribution < -0.4 is 0 Å². The molecule has 0 aromatic heterocycles. The smallest absolute Gasteiger partial charge is 0.331 e. The van der Waals surface area contributed by atoms with Gasteiger partial charge in [-0.15, -0.1) is 17.0 Å². The zero-order chi connectivity index (χ0) is 19.9. The lowest BCUT2D eigenvalue weighted by molar-refractivity contribution is -0.244. The van der Waals surface area contributed by atoms with Gasteiger partial charge in [-0.25, -0.2) is 4.79 Å². The Morgan fingerprint density at radius 2 is 1.79 bits per heavy atom. The Balaban J connectivity index is 0.00000205. The number of ether oxygens (including phenoxy) is 1. The van der Waals surface area contributed by atoms with Crippen LogP contribution in [0.2, 0.25) is 0 Å². The lowest BCUT2D eigenvalue weighted by Gasteiger charge is -2.64. The fraction of sp³-hybridized carbons (Fsp3) is 0.870. The summed E-state index contributed by atoms with van der Waals surface area (Å²) >= 11 is 0. The molecular formula is C23H35BrO5. The van der Waals surface area contributed by atoms with Gasteiger partial charge in [0, 0.05) is 11.5 Å². The summed E-state index contributed by atoms with van der Waals surface area (Å²) in [7, 11) is 0. The summed E-state index contributed by atoms with van der Waals surface area (Å²) in [5.41, 5.74) is -0.507. The molecule has 164 valence electrons. The van der Waals surface area contributed by atoms with Gasteiger partial charge in [-0.3, -0.25) is 0 Å². The third-order valence-corrected chi connectivity index (χ3v) is 10.0. The van der Waals surface area contributed by atoms with Gasteiger partial charge in [-0.2, -0.15) is 0 Å². The van der Waals surface area contributed by atoms with Crippen LogP contribution in [0.25, 0.3) is 0 Å². The molecule has 5 aliphatic rings. The highest BCUT2D eigenvalue weighted by Crippen LogP contribution is 2.69. The predicted molar refractivity (Wildman–Crippen MR) is 113 cm³/mol. The van der Waals surface area contributed by atoms with E-state index in [0.717, 1.165) is 44.1 Å². The highest BCUT2D eigenvalue weighted by molar-refractivity contribution is 8.93. The molecule has 3 N–H and O–H groups in total. The molecule has 29 heavy (non-hydrogen) atoms. The minimum atomic E-state index is -0.906. The van der Waals surface area contributed by atoms with Crippen molar-refractivity contribution in [1.82, 2.24) is 0 Å². The van der Waals surface area contributed by atoms with Crippen molar-refractivity contribution in [2.75, 3.05) is 6.61 Å². The highest BCUT2D eigenvalue weighted by atomic mass is 79.9. The molecule has 1 heterocycles. The molecule has 9 atom stereocenters. The molecule has 5 rings (SSSR count). The molecule has 0 bridgehead atoms. The minimum absolute atomic E-state index is 0. The molecule has 0 unspecified atom stereocenters. The molecule has 4 aliphatic carbocycles. The van der Waals surface area contributed by atoms with Crippen molar-refractivity contribution in [3.63, 3.8) is 0 Å². The number of esters is 1. The second-order valence-corrected chi connectivity index (χ2v) is 10.8. The fourth-order valence-corrected chi connectivity index (χ4v) is 8.37. The molecule has 0 radical (unpaired) electrons. The first-order valence-corrected chi connectivity index (χ1v) is 11.2. The third-order valence-electron chi connectivity index (χ3n) is 10.0. The number of carbonyl (C=O) groups is 1. The number of hydrogen-bond acceptors (Lipinski definition) is 5. The maximum absolute atomic E-state index is 12.1. The number of carbonyl (C=O) groups excluding carboxylic acids is 1. The van der Waals surface area contributed by atoms with Crippen molar-refractivity contribution in [2.24, 2.45) is 34.5 Å². The average molecular weight is 471 g/mol. The van der Waals surface area contributed by atoms with E-state index >= 15 is 0 Å². The molecule has 4 fully saturated rings. The van der Waals surface area contributed by atoms with Crippen LogP contribution in [0.3, 0.4) is 0 Å². The maximum atomic E-state index is 12.1. The molecule has 1 aliphatic heterocycles. The van der Waals surface area contributed by atoms with Crippen LogP contribution in [0.4, 0.5) is 0 Å². The van der Waals surface area contributed by atoms with E-state index in [9.17, 15) is 20.1 Å². The SMILES string of the molecule is Br.C[C@]12CC[C@H](O)C[C@H]1CC[C@@H]1[C@@H]2C[C@@H](O)[C@]2(C)[C@@H](C3=CC(=O)OC3)CC[C@]12O. The van der Waals surface area contributed by atoms with Crippen molar-refractivity contribution in [3.8, 4) is 0 Å². The second kappa shape index (κ2) is 7.04. The van der Waals surface area contributed by atoms with Gasteiger partial charge in [-0.1, -0.05) is 13.8 Å². The summed E-state index contributed by atoms with van der Waals surface area (Å²) in [4.78, 5) is 11.6.